The maximum Gasteiger partial charge on any atom is 0.350 e. The second-order valence-electron chi connectivity index (χ2n) is 2.35. The number of nitro groups is 1. The molecule has 0 aliphatic carbocycles. The molecule has 72 valence electrons. The van der Waals surface area contributed by atoms with Gasteiger partial charge in [0.1, 0.15) is 12.8 Å². The summed E-state index contributed by atoms with van der Waals surface area (Å²) in [6.45, 7) is 0.544. The Hall–Kier alpha value is -1.63. The highest BCUT2D eigenvalue weighted by molar-refractivity contribution is 5.38. The van der Waals surface area contributed by atoms with Crippen LogP contribution in [-0.4, -0.2) is 27.9 Å². The minimum atomic E-state index is -0.543. The van der Waals surface area contributed by atoms with Crippen molar-refractivity contribution in [3.63, 3.8) is 0 Å². The van der Waals surface area contributed by atoms with Gasteiger partial charge in [-0.15, -0.1) is 0 Å². The second-order valence-corrected chi connectivity index (χ2v) is 2.35. The molecule has 0 aromatic carbocycles. The maximum atomic E-state index is 10.4. The predicted octanol–water partition coefficient (Wildman–Crippen LogP) is -0.334. The fraction of sp³-hybridized carbons (Fsp3) is 0.500. The van der Waals surface area contributed by atoms with Crippen molar-refractivity contribution in [1.29, 1.82) is 0 Å². The van der Waals surface area contributed by atoms with Gasteiger partial charge >= 0.3 is 5.69 Å². The first kappa shape index (κ1) is 9.46. The Balaban J connectivity index is 2.88. The van der Waals surface area contributed by atoms with Crippen molar-refractivity contribution < 1.29 is 9.66 Å². The molecule has 0 amide bonds. The van der Waals surface area contributed by atoms with Gasteiger partial charge in [-0.3, -0.25) is 10.1 Å². The van der Waals surface area contributed by atoms with Crippen LogP contribution in [0.25, 0.3) is 0 Å². The normalized spacial score (nSPS) is 10.0. The van der Waals surface area contributed by atoms with E-state index in [0.29, 0.717) is 6.54 Å². The fourth-order valence-corrected chi connectivity index (χ4v) is 0.863. The highest BCUT2D eigenvalue weighted by atomic mass is 16.6. The topological polar surface area (TPSA) is 96.2 Å². The SMILES string of the molecule is Cn1ncc([N+](=O)[O-])c1OCCN. The van der Waals surface area contributed by atoms with Crippen LogP contribution in [0.5, 0.6) is 5.88 Å². The zero-order valence-corrected chi connectivity index (χ0v) is 7.14. The number of nitrogens with zero attached hydrogens (tertiary/aromatic N) is 3. The van der Waals surface area contributed by atoms with Gasteiger partial charge in [0, 0.05) is 13.6 Å². The molecule has 0 fully saturated rings. The summed E-state index contributed by atoms with van der Waals surface area (Å²) in [5.41, 5.74) is 5.05. The molecule has 0 aliphatic heterocycles. The van der Waals surface area contributed by atoms with Crippen LogP contribution in [0, 0.1) is 10.1 Å². The van der Waals surface area contributed by atoms with Gasteiger partial charge in [0.2, 0.25) is 0 Å². The lowest BCUT2D eigenvalue weighted by molar-refractivity contribution is -0.386. The third kappa shape index (κ3) is 1.94. The van der Waals surface area contributed by atoms with Crippen LogP contribution in [0.1, 0.15) is 0 Å². The maximum absolute atomic E-state index is 10.4. The fourth-order valence-electron chi connectivity index (χ4n) is 0.863. The predicted molar refractivity (Wildman–Crippen MR) is 44.4 cm³/mol. The summed E-state index contributed by atoms with van der Waals surface area (Å²) < 4.78 is 6.35. The van der Waals surface area contributed by atoms with Gasteiger partial charge < -0.3 is 10.5 Å². The Bertz CT molecular complexity index is 309. The first-order chi connectivity index (χ1) is 6.16. The molecule has 7 heteroatoms. The third-order valence-corrected chi connectivity index (χ3v) is 1.42. The molecule has 1 aromatic rings. The molecule has 1 aromatic heterocycles. The zero-order valence-electron chi connectivity index (χ0n) is 7.14. The standard InChI is InChI=1S/C6H10N4O3/c1-9-6(13-3-2-7)5(4-8-9)10(11)12/h4H,2-3,7H2,1H3. The second kappa shape index (κ2) is 3.85. The summed E-state index contributed by atoms with van der Waals surface area (Å²) in [6.07, 6.45) is 1.14. The van der Waals surface area contributed by atoms with Gasteiger partial charge in [-0.05, 0) is 0 Å². The summed E-state index contributed by atoms with van der Waals surface area (Å²) in [6, 6.07) is 0. The van der Waals surface area contributed by atoms with Crippen molar-refractivity contribution in [3.05, 3.63) is 16.3 Å². The molecule has 0 saturated carbocycles. The zero-order chi connectivity index (χ0) is 9.84. The Kier molecular flexibility index (Phi) is 2.80. The van der Waals surface area contributed by atoms with Gasteiger partial charge in [0.25, 0.3) is 5.88 Å². The molecular formula is C6H10N4O3. The highest BCUT2D eigenvalue weighted by Gasteiger charge is 2.19. The van der Waals surface area contributed by atoms with Crippen LogP contribution in [0.15, 0.2) is 6.20 Å². The Morgan fingerprint density at radius 1 is 1.85 bits per heavy atom. The lowest BCUT2D eigenvalue weighted by atomic mass is 10.5. The largest absolute Gasteiger partial charge is 0.472 e. The van der Waals surface area contributed by atoms with Crippen molar-refractivity contribution in [2.45, 2.75) is 0 Å². The van der Waals surface area contributed by atoms with Gasteiger partial charge in [-0.1, -0.05) is 0 Å². The van der Waals surface area contributed by atoms with E-state index in [2.05, 4.69) is 5.10 Å². The van der Waals surface area contributed by atoms with E-state index in [1.54, 1.807) is 7.05 Å². The molecule has 7 nitrogen and oxygen atoms in total. The number of hydrogen-bond donors (Lipinski definition) is 1. The number of aryl methyl sites for hydroxylation is 1. The van der Waals surface area contributed by atoms with E-state index in [0.717, 1.165) is 6.20 Å². The molecule has 2 N–H and O–H groups in total. The van der Waals surface area contributed by atoms with E-state index in [1.807, 2.05) is 0 Å². The lowest BCUT2D eigenvalue weighted by Gasteiger charge is -2.02. The average molecular weight is 186 g/mol. The molecule has 0 aliphatic rings. The van der Waals surface area contributed by atoms with E-state index in [9.17, 15) is 10.1 Å². The number of rotatable bonds is 4. The summed E-state index contributed by atoms with van der Waals surface area (Å²) >= 11 is 0. The van der Waals surface area contributed by atoms with Crippen LogP contribution in [0.4, 0.5) is 5.69 Å². The van der Waals surface area contributed by atoms with Crippen molar-refractivity contribution in [1.82, 2.24) is 9.78 Å². The molecule has 0 spiro atoms. The van der Waals surface area contributed by atoms with E-state index < -0.39 is 4.92 Å². The van der Waals surface area contributed by atoms with Gasteiger partial charge in [0.15, 0.2) is 0 Å². The first-order valence-electron chi connectivity index (χ1n) is 3.66. The van der Waals surface area contributed by atoms with E-state index in [1.165, 1.54) is 4.68 Å². The summed E-state index contributed by atoms with van der Waals surface area (Å²) in [7, 11) is 1.57. The van der Waals surface area contributed by atoms with Gasteiger partial charge in [-0.25, -0.2) is 4.68 Å². The Morgan fingerprint density at radius 3 is 3.08 bits per heavy atom. The molecule has 0 atom stereocenters. The lowest BCUT2D eigenvalue weighted by Crippen LogP contribution is -2.13. The van der Waals surface area contributed by atoms with Crippen molar-refractivity contribution in [3.8, 4) is 5.88 Å². The first-order valence-corrected chi connectivity index (χ1v) is 3.66. The monoisotopic (exact) mass is 186 g/mol. The average Bonchev–Trinajstić information content (AvgIpc) is 2.43. The van der Waals surface area contributed by atoms with E-state index in [-0.39, 0.29) is 18.2 Å². The van der Waals surface area contributed by atoms with E-state index in [4.69, 9.17) is 10.5 Å². The molecule has 1 rings (SSSR count). The Morgan fingerprint density at radius 2 is 2.54 bits per heavy atom. The number of aromatic nitrogens is 2. The quantitative estimate of drug-likeness (QED) is 0.512. The molecule has 0 saturated heterocycles. The molecule has 0 unspecified atom stereocenters. The van der Waals surface area contributed by atoms with Crippen LogP contribution >= 0.6 is 0 Å². The summed E-state index contributed by atoms with van der Waals surface area (Å²) in [4.78, 5) is 9.90. The molecule has 0 radical (unpaired) electrons. The van der Waals surface area contributed by atoms with Crippen LogP contribution in [0.2, 0.25) is 0 Å². The number of ether oxygens (including phenoxy) is 1. The van der Waals surface area contributed by atoms with Crippen LogP contribution in [-0.2, 0) is 7.05 Å². The summed E-state index contributed by atoms with van der Waals surface area (Å²) in [5, 5.41) is 14.1. The van der Waals surface area contributed by atoms with Gasteiger partial charge in [0.05, 0.1) is 4.92 Å². The molecular weight excluding hydrogens is 176 g/mol. The minimum absolute atomic E-state index is 0.135. The highest BCUT2D eigenvalue weighted by Crippen LogP contribution is 2.24. The smallest absolute Gasteiger partial charge is 0.350 e. The third-order valence-electron chi connectivity index (χ3n) is 1.42. The van der Waals surface area contributed by atoms with Gasteiger partial charge in [-0.2, -0.15) is 5.10 Å². The minimum Gasteiger partial charge on any atom is -0.472 e. The number of hydrogen-bond acceptors (Lipinski definition) is 5. The number of nitrogens with two attached hydrogens (primary N) is 1. The van der Waals surface area contributed by atoms with Crippen LogP contribution < -0.4 is 10.5 Å². The molecule has 1 heterocycles. The Labute approximate surface area is 74.2 Å². The van der Waals surface area contributed by atoms with Crippen molar-refractivity contribution in [2.24, 2.45) is 12.8 Å². The summed E-state index contributed by atoms with van der Waals surface area (Å²) in [5.74, 6) is 0.135. The molecule has 13 heavy (non-hydrogen) atoms. The molecule has 0 bridgehead atoms. The van der Waals surface area contributed by atoms with Crippen LogP contribution in [0.3, 0.4) is 0 Å². The van der Waals surface area contributed by atoms with E-state index >= 15 is 0 Å². The van der Waals surface area contributed by atoms with Crippen molar-refractivity contribution >= 4 is 5.69 Å². The van der Waals surface area contributed by atoms with Crippen molar-refractivity contribution in [2.75, 3.05) is 13.2 Å².